The van der Waals surface area contributed by atoms with Crippen LogP contribution in [-0.2, 0) is 9.53 Å². The van der Waals surface area contributed by atoms with Gasteiger partial charge in [0.2, 0.25) is 0 Å². The summed E-state index contributed by atoms with van der Waals surface area (Å²) in [5.74, 6) is 0.0669. The number of hydrogen-bond acceptors (Lipinski definition) is 5. The molecule has 1 aromatic heterocycles. The molecule has 3 rings (SSSR count). The van der Waals surface area contributed by atoms with Gasteiger partial charge in [-0.1, -0.05) is 32.1 Å². The van der Waals surface area contributed by atoms with Crippen molar-refractivity contribution < 1.29 is 18.7 Å². The van der Waals surface area contributed by atoms with Crippen molar-refractivity contribution in [2.24, 2.45) is 0 Å². The molecular weight excluding hydrogens is 346 g/mol. The summed E-state index contributed by atoms with van der Waals surface area (Å²) in [6.45, 7) is 2.45. The van der Waals surface area contributed by atoms with Crippen LogP contribution in [-0.4, -0.2) is 31.2 Å². The van der Waals surface area contributed by atoms with E-state index in [1.165, 1.54) is 38.4 Å². The van der Waals surface area contributed by atoms with Crippen molar-refractivity contribution in [1.82, 2.24) is 16.0 Å². The molecule has 1 saturated carbocycles. The van der Waals surface area contributed by atoms with Gasteiger partial charge in [0.25, 0.3) is 0 Å². The summed E-state index contributed by atoms with van der Waals surface area (Å²) in [4.78, 5) is 24.8. The molecule has 1 aromatic rings. The lowest BCUT2D eigenvalue weighted by Gasteiger charge is -2.29. The minimum Gasteiger partial charge on any atom is -0.467 e. The molecule has 148 valence electrons. The lowest BCUT2D eigenvalue weighted by molar-refractivity contribution is -0.139. The van der Waals surface area contributed by atoms with E-state index < -0.39 is 12.0 Å². The summed E-state index contributed by atoms with van der Waals surface area (Å²) in [6, 6.07) is 2.88. The first-order chi connectivity index (χ1) is 13.2. The molecule has 1 aliphatic carbocycles. The average molecular weight is 375 g/mol. The fourth-order valence-electron chi connectivity index (χ4n) is 3.78. The Hall–Kier alpha value is -2.28. The van der Waals surface area contributed by atoms with E-state index in [1.54, 1.807) is 19.1 Å². The maximum atomic E-state index is 12.6. The van der Waals surface area contributed by atoms with Gasteiger partial charge in [0.15, 0.2) is 0 Å². The topological polar surface area (TPSA) is 92.6 Å². The van der Waals surface area contributed by atoms with Gasteiger partial charge in [-0.05, 0) is 31.9 Å². The summed E-state index contributed by atoms with van der Waals surface area (Å²) in [5.41, 5.74) is 0.949. The Labute approximate surface area is 159 Å². The van der Waals surface area contributed by atoms with Crippen molar-refractivity contribution in [2.75, 3.05) is 13.2 Å². The van der Waals surface area contributed by atoms with Gasteiger partial charge in [-0.25, -0.2) is 9.59 Å². The van der Waals surface area contributed by atoms with E-state index in [9.17, 15) is 9.59 Å². The van der Waals surface area contributed by atoms with E-state index >= 15 is 0 Å². The molecule has 0 saturated heterocycles. The molecule has 0 aromatic carbocycles. The molecule has 0 unspecified atom stereocenters. The molecule has 1 aliphatic heterocycles. The van der Waals surface area contributed by atoms with Crippen LogP contribution in [0.3, 0.4) is 0 Å². The van der Waals surface area contributed by atoms with Crippen molar-refractivity contribution in [3.8, 4) is 0 Å². The summed E-state index contributed by atoms with van der Waals surface area (Å²) in [5, 5.41) is 9.09. The fourth-order valence-corrected chi connectivity index (χ4v) is 3.78. The molecule has 1 atom stereocenters. The van der Waals surface area contributed by atoms with Crippen LogP contribution in [0.2, 0.25) is 0 Å². The third-order valence-electron chi connectivity index (χ3n) is 5.15. The number of carbonyl (C=O) groups excluding carboxylic acids is 2. The Kier molecular flexibility index (Phi) is 6.92. The fraction of sp³-hybridized carbons (Fsp3) is 0.600. The largest absolute Gasteiger partial charge is 0.467 e. The zero-order valence-corrected chi connectivity index (χ0v) is 15.9. The number of esters is 1. The summed E-state index contributed by atoms with van der Waals surface area (Å²) < 4.78 is 10.7. The second-order valence-corrected chi connectivity index (χ2v) is 7.08. The van der Waals surface area contributed by atoms with Gasteiger partial charge in [-0.3, -0.25) is 0 Å². The third kappa shape index (κ3) is 5.13. The first-order valence-corrected chi connectivity index (χ1v) is 9.93. The van der Waals surface area contributed by atoms with Gasteiger partial charge < -0.3 is 25.1 Å². The predicted octanol–water partition coefficient (Wildman–Crippen LogP) is 3.15. The molecule has 1 fully saturated rings. The standard InChI is InChI=1S/C20H29N3O4/c1-2-26-19(24)17-15(13-21-14-9-6-4-3-5-7-10-14)22-20(25)23-18(17)16-11-8-12-27-16/h8,11-12,14,18,21H,2-7,9-10,13H2,1H3,(H2,22,23,25)/t18-/m0/s1. The molecule has 0 bridgehead atoms. The third-order valence-corrected chi connectivity index (χ3v) is 5.15. The summed E-state index contributed by atoms with van der Waals surface area (Å²) >= 11 is 0. The van der Waals surface area contributed by atoms with Gasteiger partial charge in [0, 0.05) is 18.3 Å². The quantitative estimate of drug-likeness (QED) is 0.664. The number of carbonyl (C=O) groups is 2. The molecule has 7 heteroatoms. The van der Waals surface area contributed by atoms with Gasteiger partial charge in [0.1, 0.15) is 11.8 Å². The molecular formula is C20H29N3O4. The number of nitrogens with one attached hydrogen (secondary N) is 3. The first kappa shape index (κ1) is 19.5. The van der Waals surface area contributed by atoms with Crippen molar-refractivity contribution in [1.29, 1.82) is 0 Å². The normalized spacial score (nSPS) is 21.8. The van der Waals surface area contributed by atoms with Crippen LogP contribution in [0.1, 0.15) is 63.7 Å². The Morgan fingerprint density at radius 3 is 2.67 bits per heavy atom. The van der Waals surface area contributed by atoms with E-state index in [0.29, 0.717) is 29.6 Å². The Morgan fingerprint density at radius 2 is 2.00 bits per heavy atom. The molecule has 2 amide bonds. The smallest absolute Gasteiger partial charge is 0.338 e. The van der Waals surface area contributed by atoms with E-state index in [0.717, 1.165) is 12.8 Å². The second-order valence-electron chi connectivity index (χ2n) is 7.08. The molecule has 7 nitrogen and oxygen atoms in total. The highest BCUT2D eigenvalue weighted by atomic mass is 16.5. The zero-order chi connectivity index (χ0) is 19.1. The van der Waals surface area contributed by atoms with Crippen molar-refractivity contribution >= 4 is 12.0 Å². The predicted molar refractivity (Wildman–Crippen MR) is 101 cm³/mol. The van der Waals surface area contributed by atoms with Crippen LogP contribution in [0.4, 0.5) is 4.79 Å². The molecule has 3 N–H and O–H groups in total. The monoisotopic (exact) mass is 375 g/mol. The van der Waals surface area contributed by atoms with Gasteiger partial charge in [-0.15, -0.1) is 0 Å². The van der Waals surface area contributed by atoms with Crippen LogP contribution >= 0.6 is 0 Å². The molecule has 2 heterocycles. The number of ether oxygens (including phenoxy) is 1. The highest BCUT2D eigenvalue weighted by Crippen LogP contribution is 2.28. The molecule has 0 radical (unpaired) electrons. The summed E-state index contributed by atoms with van der Waals surface area (Å²) in [6.07, 6.45) is 10.1. The number of furan rings is 1. The minimum atomic E-state index is -0.651. The first-order valence-electron chi connectivity index (χ1n) is 9.93. The number of urea groups is 1. The van der Waals surface area contributed by atoms with Crippen LogP contribution in [0.15, 0.2) is 34.1 Å². The SMILES string of the molecule is CCOC(=O)C1=C(CNC2CCCCCCC2)NC(=O)N[C@H]1c1ccco1. The minimum absolute atomic E-state index is 0.268. The van der Waals surface area contributed by atoms with Crippen molar-refractivity contribution in [2.45, 2.75) is 64.0 Å². The van der Waals surface area contributed by atoms with E-state index in [-0.39, 0.29) is 12.6 Å². The highest BCUT2D eigenvalue weighted by molar-refractivity contribution is 5.95. The van der Waals surface area contributed by atoms with Crippen molar-refractivity contribution in [3.05, 3.63) is 35.4 Å². The Bertz CT molecular complexity index is 661. The van der Waals surface area contributed by atoms with E-state index in [1.807, 2.05) is 0 Å². The Balaban J connectivity index is 1.80. The van der Waals surface area contributed by atoms with Gasteiger partial charge in [0.05, 0.1) is 18.4 Å². The Morgan fingerprint density at radius 1 is 1.26 bits per heavy atom. The van der Waals surface area contributed by atoms with Crippen LogP contribution < -0.4 is 16.0 Å². The van der Waals surface area contributed by atoms with Gasteiger partial charge in [-0.2, -0.15) is 0 Å². The summed E-state index contributed by atoms with van der Waals surface area (Å²) in [7, 11) is 0. The lowest BCUT2D eigenvalue weighted by Crippen LogP contribution is -2.48. The number of amides is 2. The van der Waals surface area contributed by atoms with Crippen molar-refractivity contribution in [3.63, 3.8) is 0 Å². The van der Waals surface area contributed by atoms with Crippen LogP contribution in [0.5, 0.6) is 0 Å². The second kappa shape index (κ2) is 9.60. The van der Waals surface area contributed by atoms with E-state index in [2.05, 4.69) is 16.0 Å². The number of rotatable bonds is 6. The zero-order valence-electron chi connectivity index (χ0n) is 15.9. The van der Waals surface area contributed by atoms with E-state index in [4.69, 9.17) is 9.15 Å². The maximum absolute atomic E-state index is 12.6. The number of hydrogen-bond donors (Lipinski definition) is 3. The molecule has 0 spiro atoms. The van der Waals surface area contributed by atoms with Crippen LogP contribution in [0, 0.1) is 0 Å². The lowest BCUT2D eigenvalue weighted by atomic mass is 9.96. The van der Waals surface area contributed by atoms with Gasteiger partial charge >= 0.3 is 12.0 Å². The average Bonchev–Trinajstić information content (AvgIpc) is 3.15. The molecule has 2 aliphatic rings. The maximum Gasteiger partial charge on any atom is 0.338 e. The highest BCUT2D eigenvalue weighted by Gasteiger charge is 2.35. The van der Waals surface area contributed by atoms with Crippen LogP contribution in [0.25, 0.3) is 0 Å². The molecule has 27 heavy (non-hydrogen) atoms.